The van der Waals surface area contributed by atoms with E-state index in [4.69, 9.17) is 0 Å². The van der Waals surface area contributed by atoms with Gasteiger partial charge in [0.25, 0.3) is 5.56 Å². The second kappa shape index (κ2) is 7.00. The van der Waals surface area contributed by atoms with E-state index in [0.717, 1.165) is 23.5 Å². The summed E-state index contributed by atoms with van der Waals surface area (Å²) in [6.45, 7) is 2.66. The van der Waals surface area contributed by atoms with Gasteiger partial charge in [-0.15, -0.1) is 11.3 Å². The molecule has 0 saturated heterocycles. The predicted molar refractivity (Wildman–Crippen MR) is 78.9 cm³/mol. The third kappa shape index (κ3) is 4.03. The van der Waals surface area contributed by atoms with E-state index < -0.39 is 0 Å². The largest absolute Gasteiger partial charge is 0.354 e. The predicted octanol–water partition coefficient (Wildman–Crippen LogP) is 1.23. The third-order valence-electron chi connectivity index (χ3n) is 2.84. The van der Waals surface area contributed by atoms with Gasteiger partial charge in [0.05, 0.1) is 10.7 Å². The van der Waals surface area contributed by atoms with Gasteiger partial charge in [-0.05, 0) is 12.5 Å². The van der Waals surface area contributed by atoms with E-state index in [-0.39, 0.29) is 18.0 Å². The van der Waals surface area contributed by atoms with E-state index in [2.05, 4.69) is 17.2 Å². The Balaban J connectivity index is 1.78. The van der Waals surface area contributed by atoms with Gasteiger partial charge in [-0.3, -0.25) is 9.59 Å². The van der Waals surface area contributed by atoms with Crippen LogP contribution in [-0.4, -0.2) is 22.0 Å². The van der Waals surface area contributed by atoms with Crippen molar-refractivity contribution in [3.8, 4) is 0 Å². The Hall–Kier alpha value is -1.95. The van der Waals surface area contributed by atoms with Crippen LogP contribution >= 0.6 is 11.3 Å². The van der Waals surface area contributed by atoms with E-state index in [1.54, 1.807) is 29.7 Å². The Morgan fingerprint density at radius 3 is 3.00 bits per heavy atom. The Morgan fingerprint density at radius 1 is 1.45 bits per heavy atom. The number of nitrogens with zero attached hydrogens (tertiary/aromatic N) is 2. The molecule has 20 heavy (non-hydrogen) atoms. The van der Waals surface area contributed by atoms with Crippen LogP contribution in [0.3, 0.4) is 0 Å². The first-order valence-electron chi connectivity index (χ1n) is 6.54. The first-order valence-corrected chi connectivity index (χ1v) is 7.42. The van der Waals surface area contributed by atoms with E-state index in [1.807, 2.05) is 5.38 Å². The minimum atomic E-state index is -0.171. The molecule has 0 saturated carbocycles. The number of carbonyl (C=O) groups excluding carboxylic acids is 1. The number of hydrogen-bond donors (Lipinski definition) is 1. The van der Waals surface area contributed by atoms with E-state index in [0.29, 0.717) is 6.54 Å². The van der Waals surface area contributed by atoms with Crippen LogP contribution in [0.25, 0.3) is 0 Å². The maximum atomic E-state index is 11.7. The molecule has 2 rings (SSSR count). The molecule has 1 N–H and O–H groups in total. The molecule has 2 aromatic heterocycles. The second-order valence-electron chi connectivity index (χ2n) is 4.35. The molecule has 1 amide bonds. The zero-order chi connectivity index (χ0) is 14.4. The van der Waals surface area contributed by atoms with Gasteiger partial charge in [-0.25, -0.2) is 4.98 Å². The van der Waals surface area contributed by atoms with Crippen molar-refractivity contribution in [1.29, 1.82) is 0 Å². The fraction of sp³-hybridized carbons (Fsp3) is 0.357. The molecular formula is C14H17N3O2S. The Bertz CT molecular complexity index is 633. The molecule has 2 aromatic rings. The number of aromatic nitrogens is 2. The Morgan fingerprint density at radius 2 is 2.30 bits per heavy atom. The highest BCUT2D eigenvalue weighted by Crippen LogP contribution is 2.10. The summed E-state index contributed by atoms with van der Waals surface area (Å²) in [6.07, 6.45) is 3.26. The van der Waals surface area contributed by atoms with Gasteiger partial charge < -0.3 is 9.88 Å². The first-order chi connectivity index (χ1) is 9.69. The smallest absolute Gasteiger partial charge is 0.250 e. The van der Waals surface area contributed by atoms with Crippen molar-refractivity contribution in [3.63, 3.8) is 0 Å². The maximum absolute atomic E-state index is 11.7. The molecular weight excluding hydrogens is 274 g/mol. The summed E-state index contributed by atoms with van der Waals surface area (Å²) in [7, 11) is 0. The summed E-state index contributed by atoms with van der Waals surface area (Å²) in [5, 5.41) is 5.87. The van der Waals surface area contributed by atoms with Gasteiger partial charge in [0, 0.05) is 30.6 Å². The van der Waals surface area contributed by atoms with Gasteiger partial charge in [0.15, 0.2) is 0 Å². The van der Waals surface area contributed by atoms with Crippen LogP contribution < -0.4 is 10.9 Å². The molecule has 0 aliphatic carbocycles. The quantitative estimate of drug-likeness (QED) is 0.870. The molecule has 0 bridgehead atoms. The van der Waals surface area contributed by atoms with Gasteiger partial charge in [0.2, 0.25) is 5.91 Å². The van der Waals surface area contributed by atoms with Crippen molar-refractivity contribution >= 4 is 17.2 Å². The topological polar surface area (TPSA) is 64.0 Å². The fourth-order valence-corrected chi connectivity index (χ4v) is 2.62. The monoisotopic (exact) mass is 291 g/mol. The average molecular weight is 291 g/mol. The summed E-state index contributed by atoms with van der Waals surface area (Å²) in [6, 6.07) is 4.83. The van der Waals surface area contributed by atoms with Crippen LogP contribution in [0.5, 0.6) is 0 Å². The SMILES string of the molecule is CCc1csc(CCNC(=O)Cn2ccccc2=O)n1. The van der Waals surface area contributed by atoms with E-state index >= 15 is 0 Å². The van der Waals surface area contributed by atoms with Gasteiger partial charge in [-0.2, -0.15) is 0 Å². The summed E-state index contributed by atoms with van der Waals surface area (Å²) < 4.78 is 1.38. The average Bonchev–Trinajstić information content (AvgIpc) is 2.89. The zero-order valence-electron chi connectivity index (χ0n) is 11.3. The lowest BCUT2D eigenvalue weighted by molar-refractivity contribution is -0.121. The molecule has 2 heterocycles. The lowest BCUT2D eigenvalue weighted by atomic mass is 10.4. The van der Waals surface area contributed by atoms with Crippen LogP contribution in [0.4, 0.5) is 0 Å². The second-order valence-corrected chi connectivity index (χ2v) is 5.30. The molecule has 0 aliphatic rings. The first kappa shape index (κ1) is 14.5. The van der Waals surface area contributed by atoms with Crippen molar-refractivity contribution in [2.45, 2.75) is 26.3 Å². The Labute approximate surface area is 121 Å². The Kier molecular flexibility index (Phi) is 5.06. The number of thiazole rings is 1. The van der Waals surface area contributed by atoms with Crippen molar-refractivity contribution in [2.75, 3.05) is 6.54 Å². The molecule has 0 aliphatic heterocycles. The molecule has 106 valence electrons. The molecule has 0 aromatic carbocycles. The highest BCUT2D eigenvalue weighted by molar-refractivity contribution is 7.09. The van der Waals surface area contributed by atoms with Gasteiger partial charge >= 0.3 is 0 Å². The number of aryl methyl sites for hydroxylation is 1. The van der Waals surface area contributed by atoms with E-state index in [9.17, 15) is 9.59 Å². The van der Waals surface area contributed by atoms with Crippen LogP contribution in [0, 0.1) is 0 Å². The molecule has 6 heteroatoms. The minimum absolute atomic E-state index is 0.0533. The van der Waals surface area contributed by atoms with Crippen molar-refractivity contribution in [1.82, 2.24) is 14.9 Å². The molecule has 5 nitrogen and oxygen atoms in total. The van der Waals surface area contributed by atoms with Crippen LogP contribution in [0.2, 0.25) is 0 Å². The summed E-state index contributed by atoms with van der Waals surface area (Å²) in [5.41, 5.74) is 0.919. The third-order valence-corrected chi connectivity index (χ3v) is 3.79. The summed E-state index contributed by atoms with van der Waals surface area (Å²) in [4.78, 5) is 27.6. The van der Waals surface area contributed by atoms with Crippen molar-refractivity contribution in [3.05, 3.63) is 50.8 Å². The van der Waals surface area contributed by atoms with Gasteiger partial charge in [-0.1, -0.05) is 13.0 Å². The van der Waals surface area contributed by atoms with E-state index in [1.165, 1.54) is 10.6 Å². The van der Waals surface area contributed by atoms with Crippen molar-refractivity contribution < 1.29 is 4.79 Å². The fourth-order valence-electron chi connectivity index (χ4n) is 1.74. The molecule has 0 spiro atoms. The molecule has 0 radical (unpaired) electrons. The molecule has 0 unspecified atom stereocenters. The highest BCUT2D eigenvalue weighted by atomic mass is 32.1. The van der Waals surface area contributed by atoms with Crippen LogP contribution in [0.15, 0.2) is 34.6 Å². The van der Waals surface area contributed by atoms with Crippen LogP contribution in [-0.2, 0) is 24.2 Å². The number of amides is 1. The highest BCUT2D eigenvalue weighted by Gasteiger charge is 2.05. The molecule has 0 fully saturated rings. The number of nitrogens with one attached hydrogen (secondary N) is 1. The summed E-state index contributed by atoms with van der Waals surface area (Å²) >= 11 is 1.61. The summed E-state index contributed by atoms with van der Waals surface area (Å²) in [5.74, 6) is -0.162. The normalized spacial score (nSPS) is 10.4. The van der Waals surface area contributed by atoms with Gasteiger partial charge in [0.1, 0.15) is 6.54 Å². The number of rotatable bonds is 6. The number of carbonyl (C=O) groups is 1. The lowest BCUT2D eigenvalue weighted by Gasteiger charge is -2.06. The standard InChI is InChI=1S/C14H17N3O2S/c1-2-11-10-20-13(16-11)6-7-15-12(18)9-17-8-4-3-5-14(17)19/h3-5,8,10H,2,6-7,9H2,1H3,(H,15,18). The lowest BCUT2D eigenvalue weighted by Crippen LogP contribution is -2.32. The minimum Gasteiger partial charge on any atom is -0.354 e. The number of pyridine rings is 1. The maximum Gasteiger partial charge on any atom is 0.250 e. The van der Waals surface area contributed by atoms with Crippen molar-refractivity contribution in [2.24, 2.45) is 0 Å². The number of hydrogen-bond acceptors (Lipinski definition) is 4. The molecule has 0 atom stereocenters. The van der Waals surface area contributed by atoms with Crippen LogP contribution in [0.1, 0.15) is 17.6 Å². The zero-order valence-corrected chi connectivity index (χ0v) is 12.2.